The third-order valence-electron chi connectivity index (χ3n) is 2.90. The van der Waals surface area contributed by atoms with Crippen LogP contribution in [0, 0.1) is 0 Å². The Morgan fingerprint density at radius 1 is 1.39 bits per heavy atom. The van der Waals surface area contributed by atoms with Crippen molar-refractivity contribution in [3.05, 3.63) is 35.9 Å². The van der Waals surface area contributed by atoms with Gasteiger partial charge in [0, 0.05) is 25.6 Å². The zero-order chi connectivity index (χ0) is 13.4. The summed E-state index contributed by atoms with van der Waals surface area (Å²) >= 11 is 0. The van der Waals surface area contributed by atoms with Gasteiger partial charge in [0.15, 0.2) is 0 Å². The Balaban J connectivity index is 2.61. The third kappa shape index (κ3) is 4.85. The topological polar surface area (TPSA) is 66.6 Å². The first kappa shape index (κ1) is 14.7. The van der Waals surface area contributed by atoms with Crippen LogP contribution >= 0.6 is 0 Å². The van der Waals surface area contributed by atoms with E-state index in [4.69, 9.17) is 10.8 Å². The van der Waals surface area contributed by atoms with Crippen molar-refractivity contribution < 1.29 is 9.90 Å². The number of hydrogen-bond donors (Lipinski definition) is 2. The van der Waals surface area contributed by atoms with Crippen LogP contribution in [0.2, 0.25) is 0 Å². The fourth-order valence-corrected chi connectivity index (χ4v) is 1.71. The van der Waals surface area contributed by atoms with E-state index < -0.39 is 0 Å². The maximum absolute atomic E-state index is 12.0. The van der Waals surface area contributed by atoms with Gasteiger partial charge in [-0.1, -0.05) is 37.3 Å². The molecule has 1 amide bonds. The predicted octanol–water partition coefficient (Wildman–Crippen LogP) is 1.13. The van der Waals surface area contributed by atoms with Gasteiger partial charge in [0.05, 0.1) is 6.61 Å². The van der Waals surface area contributed by atoms with Crippen molar-refractivity contribution >= 4 is 5.91 Å². The number of benzene rings is 1. The standard InChI is InChI=1S/C14H22N2O2/c1-2-13(15)10-14(18)16(8-9-17)11-12-6-4-3-5-7-12/h3-7,13,17H,2,8-11,15H2,1H3. The van der Waals surface area contributed by atoms with Crippen molar-refractivity contribution in [2.45, 2.75) is 32.4 Å². The number of nitrogens with zero attached hydrogens (tertiary/aromatic N) is 1. The molecule has 1 rings (SSSR count). The molecule has 0 spiro atoms. The van der Waals surface area contributed by atoms with Crippen molar-refractivity contribution in [1.29, 1.82) is 0 Å². The molecule has 0 aliphatic heterocycles. The van der Waals surface area contributed by atoms with E-state index in [2.05, 4.69) is 0 Å². The number of amides is 1. The van der Waals surface area contributed by atoms with Crippen LogP contribution in [0.25, 0.3) is 0 Å². The van der Waals surface area contributed by atoms with Gasteiger partial charge >= 0.3 is 0 Å². The average Bonchev–Trinajstić information content (AvgIpc) is 2.39. The number of nitrogens with two attached hydrogens (primary N) is 1. The van der Waals surface area contributed by atoms with E-state index in [-0.39, 0.29) is 18.6 Å². The van der Waals surface area contributed by atoms with Gasteiger partial charge in [-0.3, -0.25) is 4.79 Å². The zero-order valence-corrected chi connectivity index (χ0v) is 10.9. The van der Waals surface area contributed by atoms with Crippen LogP contribution in [0.4, 0.5) is 0 Å². The Hall–Kier alpha value is -1.39. The molecular formula is C14H22N2O2. The minimum Gasteiger partial charge on any atom is -0.395 e. The highest BCUT2D eigenvalue weighted by atomic mass is 16.3. The van der Waals surface area contributed by atoms with E-state index in [1.54, 1.807) is 4.90 Å². The van der Waals surface area contributed by atoms with Gasteiger partial charge in [-0.25, -0.2) is 0 Å². The lowest BCUT2D eigenvalue weighted by atomic mass is 10.1. The zero-order valence-electron chi connectivity index (χ0n) is 10.9. The normalized spacial score (nSPS) is 12.2. The molecule has 1 unspecified atom stereocenters. The lowest BCUT2D eigenvalue weighted by Gasteiger charge is -2.23. The smallest absolute Gasteiger partial charge is 0.224 e. The molecule has 0 bridgehead atoms. The van der Waals surface area contributed by atoms with E-state index in [0.29, 0.717) is 19.5 Å². The van der Waals surface area contributed by atoms with Crippen LogP contribution in [0.5, 0.6) is 0 Å². The Morgan fingerprint density at radius 2 is 2.06 bits per heavy atom. The Labute approximate surface area is 108 Å². The fourth-order valence-electron chi connectivity index (χ4n) is 1.71. The highest BCUT2D eigenvalue weighted by molar-refractivity contribution is 5.76. The largest absolute Gasteiger partial charge is 0.395 e. The van der Waals surface area contributed by atoms with Gasteiger partial charge in [0.25, 0.3) is 0 Å². The van der Waals surface area contributed by atoms with E-state index >= 15 is 0 Å². The predicted molar refractivity (Wildman–Crippen MR) is 71.8 cm³/mol. The molecule has 4 heteroatoms. The number of aliphatic hydroxyl groups excluding tert-OH is 1. The van der Waals surface area contributed by atoms with Crippen molar-refractivity contribution in [3.63, 3.8) is 0 Å². The monoisotopic (exact) mass is 250 g/mol. The molecule has 1 aromatic rings. The molecule has 0 aliphatic carbocycles. The molecule has 1 atom stereocenters. The summed E-state index contributed by atoms with van der Waals surface area (Å²) in [7, 11) is 0. The number of aliphatic hydroxyl groups is 1. The maximum atomic E-state index is 12.0. The second-order valence-corrected chi connectivity index (χ2v) is 4.40. The lowest BCUT2D eigenvalue weighted by Crippen LogP contribution is -2.37. The number of rotatable bonds is 7. The summed E-state index contributed by atoms with van der Waals surface area (Å²) < 4.78 is 0. The maximum Gasteiger partial charge on any atom is 0.224 e. The van der Waals surface area contributed by atoms with Crippen LogP contribution < -0.4 is 5.73 Å². The third-order valence-corrected chi connectivity index (χ3v) is 2.90. The highest BCUT2D eigenvalue weighted by Gasteiger charge is 2.15. The van der Waals surface area contributed by atoms with Crippen LogP contribution in [-0.2, 0) is 11.3 Å². The van der Waals surface area contributed by atoms with Crippen molar-refractivity contribution in [2.75, 3.05) is 13.2 Å². The van der Waals surface area contributed by atoms with Gasteiger partial charge in [-0.05, 0) is 12.0 Å². The van der Waals surface area contributed by atoms with Crippen LogP contribution in [-0.4, -0.2) is 35.1 Å². The Bertz CT molecular complexity index is 354. The molecule has 3 N–H and O–H groups in total. The molecule has 0 fully saturated rings. The van der Waals surface area contributed by atoms with Gasteiger partial charge in [-0.2, -0.15) is 0 Å². The first-order valence-electron chi connectivity index (χ1n) is 6.35. The molecule has 4 nitrogen and oxygen atoms in total. The summed E-state index contributed by atoms with van der Waals surface area (Å²) in [5.41, 5.74) is 6.85. The summed E-state index contributed by atoms with van der Waals surface area (Å²) in [4.78, 5) is 13.7. The second kappa shape index (κ2) is 7.84. The molecular weight excluding hydrogens is 228 g/mol. The molecule has 100 valence electrons. The average molecular weight is 250 g/mol. The first-order valence-corrected chi connectivity index (χ1v) is 6.35. The molecule has 0 heterocycles. The van der Waals surface area contributed by atoms with Gasteiger partial charge < -0.3 is 15.7 Å². The van der Waals surface area contributed by atoms with E-state index in [1.165, 1.54) is 0 Å². The summed E-state index contributed by atoms with van der Waals surface area (Å²) in [5.74, 6) is 0.00209. The highest BCUT2D eigenvalue weighted by Crippen LogP contribution is 2.07. The molecule has 0 aromatic heterocycles. The summed E-state index contributed by atoms with van der Waals surface area (Å²) in [6.45, 7) is 2.81. The minimum atomic E-state index is -0.102. The van der Waals surface area contributed by atoms with Crippen molar-refractivity contribution in [2.24, 2.45) is 5.73 Å². The fraction of sp³-hybridized carbons (Fsp3) is 0.500. The minimum absolute atomic E-state index is 0.00209. The first-order chi connectivity index (χ1) is 8.67. The molecule has 1 aromatic carbocycles. The molecule has 0 radical (unpaired) electrons. The van der Waals surface area contributed by atoms with E-state index in [9.17, 15) is 4.79 Å². The van der Waals surface area contributed by atoms with Gasteiger partial charge in [-0.15, -0.1) is 0 Å². The second-order valence-electron chi connectivity index (χ2n) is 4.40. The summed E-state index contributed by atoms with van der Waals surface area (Å²) in [6.07, 6.45) is 1.12. The summed E-state index contributed by atoms with van der Waals surface area (Å²) in [5, 5.41) is 9.03. The molecule has 0 aliphatic rings. The SMILES string of the molecule is CCC(N)CC(=O)N(CCO)Cc1ccccc1. The van der Waals surface area contributed by atoms with Crippen LogP contribution in [0.15, 0.2) is 30.3 Å². The van der Waals surface area contributed by atoms with E-state index in [0.717, 1.165) is 12.0 Å². The summed E-state index contributed by atoms with van der Waals surface area (Å²) in [6, 6.07) is 9.65. The van der Waals surface area contributed by atoms with Gasteiger partial charge in [0.1, 0.15) is 0 Å². The number of carbonyl (C=O) groups excluding carboxylic acids is 1. The molecule has 0 saturated carbocycles. The molecule has 18 heavy (non-hydrogen) atoms. The van der Waals surface area contributed by atoms with Crippen molar-refractivity contribution in [3.8, 4) is 0 Å². The Kier molecular flexibility index (Phi) is 6.39. The quantitative estimate of drug-likeness (QED) is 0.762. The van der Waals surface area contributed by atoms with Crippen molar-refractivity contribution in [1.82, 2.24) is 4.90 Å². The van der Waals surface area contributed by atoms with E-state index in [1.807, 2.05) is 37.3 Å². The van der Waals surface area contributed by atoms with Gasteiger partial charge in [0.2, 0.25) is 5.91 Å². The number of carbonyl (C=O) groups is 1. The lowest BCUT2D eigenvalue weighted by molar-refractivity contribution is -0.132. The molecule has 0 saturated heterocycles. The van der Waals surface area contributed by atoms with Crippen LogP contribution in [0.3, 0.4) is 0 Å². The number of hydrogen-bond acceptors (Lipinski definition) is 3. The Morgan fingerprint density at radius 3 is 2.61 bits per heavy atom. The van der Waals surface area contributed by atoms with Crippen LogP contribution in [0.1, 0.15) is 25.3 Å².